The van der Waals surface area contributed by atoms with E-state index in [2.05, 4.69) is 86.8 Å². The van der Waals surface area contributed by atoms with Gasteiger partial charge in [-0.05, 0) is 77.0 Å². The number of ether oxygens (including phenoxy) is 8. The van der Waals surface area contributed by atoms with Crippen LogP contribution in [0.4, 0.5) is 0 Å². The molecular weight excluding hydrogens is 861 g/mol. The number of carbonyl (C=O) groups is 6. The van der Waals surface area contributed by atoms with E-state index in [0.29, 0.717) is 12.8 Å². The summed E-state index contributed by atoms with van der Waals surface area (Å²) in [6, 6.07) is 0. The molecule has 1 rings (SSSR count). The van der Waals surface area contributed by atoms with E-state index in [0.717, 1.165) is 124 Å². The molecule has 378 valence electrons. The van der Waals surface area contributed by atoms with Gasteiger partial charge in [0.05, 0.1) is 6.61 Å². The second-order valence-electron chi connectivity index (χ2n) is 16.4. The fourth-order valence-corrected chi connectivity index (χ4v) is 6.92. The van der Waals surface area contributed by atoms with E-state index in [1.807, 2.05) is 0 Å². The third-order valence-corrected chi connectivity index (χ3v) is 10.2. The standard InChI is InChI=1S/C53H82O14/c1-7-9-11-13-15-17-19-21-23-25-27-29-31-33-35-37-48(58)61-39-46(66-49(59)38-36-34-32-30-28-26-24-22-20-18-16-14-12-10-8-2)40-62-53-52(65-45(6)57)51(64-44(5)56)50(63-43(4)55)47(67-53)41-60-42(3)54/h9-12,15-18,21-24,46-47,50-53H,7-8,13-14,19-20,25-41H2,1-6H3/b11-9-,12-10-,17-15-,18-16-,23-21-,24-22-/t46-,47?,50?,51?,52?,53?/m1/s1. The van der Waals surface area contributed by atoms with Crippen LogP contribution < -0.4 is 0 Å². The number of allylic oxidation sites excluding steroid dienone is 12. The van der Waals surface area contributed by atoms with E-state index in [-0.39, 0.29) is 19.4 Å². The van der Waals surface area contributed by atoms with Crippen LogP contribution in [-0.4, -0.2) is 92.4 Å². The minimum absolute atomic E-state index is 0.132. The monoisotopic (exact) mass is 943 g/mol. The van der Waals surface area contributed by atoms with Gasteiger partial charge in [-0.3, -0.25) is 28.8 Å². The van der Waals surface area contributed by atoms with Gasteiger partial charge in [-0.2, -0.15) is 0 Å². The third-order valence-electron chi connectivity index (χ3n) is 10.2. The predicted molar refractivity (Wildman–Crippen MR) is 257 cm³/mol. The molecule has 0 aromatic rings. The van der Waals surface area contributed by atoms with E-state index in [1.54, 1.807) is 0 Å². The number of esters is 6. The van der Waals surface area contributed by atoms with Crippen molar-refractivity contribution >= 4 is 35.8 Å². The van der Waals surface area contributed by atoms with Crippen LogP contribution in [0.3, 0.4) is 0 Å². The van der Waals surface area contributed by atoms with E-state index in [1.165, 1.54) is 6.92 Å². The molecule has 14 nitrogen and oxygen atoms in total. The van der Waals surface area contributed by atoms with Gasteiger partial charge in [-0.15, -0.1) is 0 Å². The molecule has 0 bridgehead atoms. The minimum Gasteiger partial charge on any atom is -0.463 e. The van der Waals surface area contributed by atoms with Crippen LogP contribution in [0.5, 0.6) is 0 Å². The number of carbonyl (C=O) groups excluding carboxylic acids is 6. The summed E-state index contributed by atoms with van der Waals surface area (Å²) in [7, 11) is 0. The Balaban J connectivity index is 2.87. The quantitative estimate of drug-likeness (QED) is 0.0249. The lowest BCUT2D eigenvalue weighted by atomic mass is 9.98. The van der Waals surface area contributed by atoms with Crippen LogP contribution in [-0.2, 0) is 66.7 Å². The van der Waals surface area contributed by atoms with Gasteiger partial charge >= 0.3 is 35.8 Å². The molecule has 0 aromatic carbocycles. The van der Waals surface area contributed by atoms with Gasteiger partial charge in [0.15, 0.2) is 30.7 Å². The average molecular weight is 943 g/mol. The zero-order valence-corrected chi connectivity index (χ0v) is 41.4. The highest BCUT2D eigenvalue weighted by Crippen LogP contribution is 2.30. The van der Waals surface area contributed by atoms with Crippen molar-refractivity contribution in [1.29, 1.82) is 0 Å². The Bertz CT molecular complexity index is 1580. The largest absolute Gasteiger partial charge is 0.463 e. The first-order valence-corrected chi connectivity index (χ1v) is 24.5. The van der Waals surface area contributed by atoms with Crippen molar-refractivity contribution in [3.63, 3.8) is 0 Å². The molecule has 5 unspecified atom stereocenters. The Hall–Kier alpha value is -4.82. The summed E-state index contributed by atoms with van der Waals surface area (Å²) in [6.07, 6.45) is 35.4. The van der Waals surface area contributed by atoms with E-state index < -0.39 is 85.8 Å². The molecule has 1 saturated heterocycles. The molecule has 67 heavy (non-hydrogen) atoms. The molecule has 1 heterocycles. The Morgan fingerprint density at radius 3 is 1.39 bits per heavy atom. The Morgan fingerprint density at radius 2 is 0.896 bits per heavy atom. The van der Waals surface area contributed by atoms with Gasteiger partial charge in [0.1, 0.15) is 19.3 Å². The zero-order valence-electron chi connectivity index (χ0n) is 41.4. The number of hydrogen-bond donors (Lipinski definition) is 0. The van der Waals surface area contributed by atoms with Crippen LogP contribution in [0.2, 0.25) is 0 Å². The number of unbranched alkanes of at least 4 members (excludes halogenated alkanes) is 10. The third kappa shape index (κ3) is 33.3. The van der Waals surface area contributed by atoms with Gasteiger partial charge in [0.2, 0.25) is 0 Å². The predicted octanol–water partition coefficient (Wildman–Crippen LogP) is 10.7. The fraction of sp³-hybridized carbons (Fsp3) is 0.660. The molecular formula is C53H82O14. The maximum atomic E-state index is 13.1. The highest BCUT2D eigenvalue weighted by molar-refractivity contribution is 5.70. The summed E-state index contributed by atoms with van der Waals surface area (Å²) in [5, 5.41) is 0. The van der Waals surface area contributed by atoms with Crippen molar-refractivity contribution in [1.82, 2.24) is 0 Å². The number of rotatable bonds is 37. The molecule has 1 aliphatic heterocycles. The summed E-state index contributed by atoms with van der Waals surface area (Å²) >= 11 is 0. The molecule has 14 heteroatoms. The average Bonchev–Trinajstić information content (AvgIpc) is 3.27. The van der Waals surface area contributed by atoms with Gasteiger partial charge in [0, 0.05) is 40.5 Å². The van der Waals surface area contributed by atoms with Gasteiger partial charge in [0.25, 0.3) is 0 Å². The summed E-state index contributed by atoms with van der Waals surface area (Å²) in [5.41, 5.74) is 0. The molecule has 0 N–H and O–H groups in total. The first-order chi connectivity index (χ1) is 32.4. The van der Waals surface area contributed by atoms with E-state index in [4.69, 9.17) is 37.9 Å². The maximum Gasteiger partial charge on any atom is 0.306 e. The lowest BCUT2D eigenvalue weighted by Crippen LogP contribution is -2.63. The first-order valence-electron chi connectivity index (χ1n) is 24.5. The van der Waals surface area contributed by atoms with Crippen LogP contribution in [0.1, 0.15) is 170 Å². The molecule has 0 saturated carbocycles. The normalized spacial score (nSPS) is 19.2. The molecule has 1 aliphatic rings. The topological polar surface area (TPSA) is 176 Å². The molecule has 0 spiro atoms. The van der Waals surface area contributed by atoms with Crippen molar-refractivity contribution in [2.24, 2.45) is 0 Å². The zero-order chi connectivity index (χ0) is 49.3. The second kappa shape index (κ2) is 40.3. The van der Waals surface area contributed by atoms with Crippen molar-refractivity contribution < 1.29 is 66.7 Å². The van der Waals surface area contributed by atoms with Gasteiger partial charge in [-0.25, -0.2) is 0 Å². The van der Waals surface area contributed by atoms with Crippen LogP contribution >= 0.6 is 0 Å². The summed E-state index contributed by atoms with van der Waals surface area (Å²) in [4.78, 5) is 74.5. The number of hydrogen-bond acceptors (Lipinski definition) is 14. The molecule has 0 aliphatic carbocycles. The molecule has 0 amide bonds. The van der Waals surface area contributed by atoms with E-state index >= 15 is 0 Å². The first kappa shape index (κ1) is 60.2. The highest BCUT2D eigenvalue weighted by Gasteiger charge is 2.53. The summed E-state index contributed by atoms with van der Waals surface area (Å²) < 4.78 is 45.0. The lowest BCUT2D eigenvalue weighted by molar-refractivity contribution is -0.311. The van der Waals surface area contributed by atoms with Crippen molar-refractivity contribution in [3.05, 3.63) is 72.9 Å². The van der Waals surface area contributed by atoms with Crippen LogP contribution in [0, 0.1) is 0 Å². The Morgan fingerprint density at radius 1 is 0.463 bits per heavy atom. The molecule has 0 aromatic heterocycles. The van der Waals surface area contributed by atoms with Crippen molar-refractivity contribution in [3.8, 4) is 0 Å². The smallest absolute Gasteiger partial charge is 0.306 e. The van der Waals surface area contributed by atoms with Crippen LogP contribution in [0.15, 0.2) is 72.9 Å². The van der Waals surface area contributed by atoms with Crippen molar-refractivity contribution in [2.75, 3.05) is 19.8 Å². The Labute approximate surface area is 400 Å². The fourth-order valence-electron chi connectivity index (χ4n) is 6.92. The van der Waals surface area contributed by atoms with Gasteiger partial charge in [-0.1, -0.05) is 125 Å². The van der Waals surface area contributed by atoms with Crippen LogP contribution in [0.25, 0.3) is 0 Å². The molecule has 6 atom stereocenters. The van der Waals surface area contributed by atoms with Crippen molar-refractivity contribution in [2.45, 2.75) is 207 Å². The Kier molecular flexibility index (Phi) is 36.2. The molecule has 1 fully saturated rings. The second-order valence-corrected chi connectivity index (χ2v) is 16.4. The maximum absolute atomic E-state index is 13.1. The van der Waals surface area contributed by atoms with E-state index in [9.17, 15) is 28.8 Å². The summed E-state index contributed by atoms with van der Waals surface area (Å²) in [5.74, 6) is -3.99. The molecule has 0 radical (unpaired) electrons. The summed E-state index contributed by atoms with van der Waals surface area (Å²) in [6.45, 7) is 7.62. The highest BCUT2D eigenvalue weighted by atomic mass is 16.7. The van der Waals surface area contributed by atoms with Gasteiger partial charge < -0.3 is 37.9 Å². The lowest BCUT2D eigenvalue weighted by Gasteiger charge is -2.44. The minimum atomic E-state index is -1.50. The SMILES string of the molecule is CC/C=C\C/C=C\C/C=C\CCCCCCCC(=O)OC[C@H](COC1OC(COC(C)=O)C(OC(C)=O)C(OC(C)=O)C1OC(C)=O)OC(=O)CCCCCCC/C=C\C/C=C\C/C=C\CC.